The topological polar surface area (TPSA) is 50.8 Å². The predicted octanol–water partition coefficient (Wildman–Crippen LogP) is 5.38. The summed E-state index contributed by atoms with van der Waals surface area (Å²) in [5.41, 5.74) is 2.19. The van der Waals surface area contributed by atoms with Crippen LogP contribution in [0.15, 0.2) is 42.5 Å². The lowest BCUT2D eigenvalue weighted by Crippen LogP contribution is -2.35. The minimum absolute atomic E-state index is 0.1000. The fourth-order valence-corrected chi connectivity index (χ4v) is 4.86. The van der Waals surface area contributed by atoms with Crippen LogP contribution in [0.3, 0.4) is 0 Å². The summed E-state index contributed by atoms with van der Waals surface area (Å²) in [6.45, 7) is 7.08. The van der Waals surface area contributed by atoms with Crippen molar-refractivity contribution in [1.29, 1.82) is 0 Å². The first kappa shape index (κ1) is 22.0. The SMILES string of the molecule is COc1ccc(NC(=O)C2CC23CCN(Cc2ccc(OC(C)C)cc2)CC3)cc1Cl. The number of anilines is 1. The molecule has 2 aromatic rings. The van der Waals surface area contributed by atoms with Crippen molar-refractivity contribution in [1.82, 2.24) is 4.90 Å². The molecule has 1 aliphatic heterocycles. The summed E-state index contributed by atoms with van der Waals surface area (Å²) in [5.74, 6) is 1.73. The Hall–Kier alpha value is -2.24. The van der Waals surface area contributed by atoms with Crippen molar-refractivity contribution in [2.75, 3.05) is 25.5 Å². The van der Waals surface area contributed by atoms with Crippen LogP contribution < -0.4 is 14.8 Å². The van der Waals surface area contributed by atoms with Crippen molar-refractivity contribution in [3.05, 3.63) is 53.1 Å². The molecule has 6 heteroatoms. The fourth-order valence-electron chi connectivity index (χ4n) is 4.60. The highest BCUT2D eigenvalue weighted by Gasteiger charge is 2.58. The van der Waals surface area contributed by atoms with E-state index in [1.165, 1.54) is 5.56 Å². The van der Waals surface area contributed by atoms with Gasteiger partial charge in [-0.05, 0) is 87.5 Å². The van der Waals surface area contributed by atoms with Crippen LogP contribution in [0.25, 0.3) is 0 Å². The molecule has 2 aromatic carbocycles. The van der Waals surface area contributed by atoms with Gasteiger partial charge in [0.15, 0.2) is 0 Å². The first-order chi connectivity index (χ1) is 14.9. The Balaban J connectivity index is 1.26. The third kappa shape index (κ3) is 5.16. The minimum atomic E-state index is 0.1000. The third-order valence-corrected chi connectivity index (χ3v) is 6.77. The summed E-state index contributed by atoms with van der Waals surface area (Å²) in [4.78, 5) is 15.3. The number of nitrogens with one attached hydrogen (secondary N) is 1. The average Bonchev–Trinajstić information content (AvgIpc) is 3.45. The van der Waals surface area contributed by atoms with Crippen LogP contribution in [0.5, 0.6) is 11.5 Å². The highest BCUT2D eigenvalue weighted by molar-refractivity contribution is 6.32. The number of rotatable bonds is 7. The normalized spacial score (nSPS) is 20.0. The number of likely N-dealkylation sites (tertiary alicyclic amines) is 1. The minimum Gasteiger partial charge on any atom is -0.495 e. The third-order valence-electron chi connectivity index (χ3n) is 6.48. The summed E-state index contributed by atoms with van der Waals surface area (Å²) < 4.78 is 10.9. The average molecular weight is 443 g/mol. The largest absolute Gasteiger partial charge is 0.495 e. The number of nitrogens with zero attached hydrogens (tertiary/aromatic N) is 1. The monoisotopic (exact) mass is 442 g/mol. The molecule has 1 spiro atoms. The van der Waals surface area contributed by atoms with Crippen molar-refractivity contribution in [3.8, 4) is 11.5 Å². The number of hydrogen-bond donors (Lipinski definition) is 1. The lowest BCUT2D eigenvalue weighted by atomic mass is 9.90. The molecule has 166 valence electrons. The second-order valence-corrected chi connectivity index (χ2v) is 9.45. The van der Waals surface area contributed by atoms with Crippen LogP contribution in [-0.2, 0) is 11.3 Å². The van der Waals surface area contributed by atoms with Crippen molar-refractivity contribution in [2.45, 2.75) is 45.8 Å². The van der Waals surface area contributed by atoms with Crippen molar-refractivity contribution >= 4 is 23.2 Å². The van der Waals surface area contributed by atoms with Gasteiger partial charge < -0.3 is 14.8 Å². The van der Waals surface area contributed by atoms with E-state index in [9.17, 15) is 4.79 Å². The number of methoxy groups -OCH3 is 1. The molecule has 1 unspecified atom stereocenters. The van der Waals surface area contributed by atoms with Gasteiger partial charge >= 0.3 is 0 Å². The highest BCUT2D eigenvalue weighted by atomic mass is 35.5. The van der Waals surface area contributed by atoms with E-state index in [1.54, 1.807) is 19.2 Å². The molecule has 1 saturated heterocycles. The van der Waals surface area contributed by atoms with Gasteiger partial charge in [-0.2, -0.15) is 0 Å². The molecule has 1 atom stereocenters. The number of amides is 1. The Morgan fingerprint density at radius 2 is 1.90 bits per heavy atom. The lowest BCUT2D eigenvalue weighted by molar-refractivity contribution is -0.118. The molecule has 1 N–H and O–H groups in total. The fraction of sp³-hybridized carbons (Fsp3) is 0.480. The van der Waals surface area contributed by atoms with Gasteiger partial charge in [0.1, 0.15) is 11.5 Å². The van der Waals surface area contributed by atoms with E-state index in [4.69, 9.17) is 21.1 Å². The Morgan fingerprint density at radius 1 is 1.19 bits per heavy atom. The number of carbonyl (C=O) groups excluding carboxylic acids is 1. The summed E-state index contributed by atoms with van der Waals surface area (Å²) in [6, 6.07) is 13.7. The summed E-state index contributed by atoms with van der Waals surface area (Å²) >= 11 is 6.17. The first-order valence-corrected chi connectivity index (χ1v) is 11.4. The van der Waals surface area contributed by atoms with Gasteiger partial charge in [0.2, 0.25) is 5.91 Å². The maximum atomic E-state index is 12.8. The van der Waals surface area contributed by atoms with Gasteiger partial charge in [-0.3, -0.25) is 9.69 Å². The Bertz CT molecular complexity index is 921. The molecule has 1 saturated carbocycles. The van der Waals surface area contributed by atoms with Crippen LogP contribution in [0.4, 0.5) is 5.69 Å². The number of carbonyl (C=O) groups is 1. The van der Waals surface area contributed by atoms with Gasteiger partial charge in [0.05, 0.1) is 18.2 Å². The molecule has 0 aromatic heterocycles. The van der Waals surface area contributed by atoms with Gasteiger partial charge in [0, 0.05) is 18.2 Å². The van der Waals surface area contributed by atoms with Gasteiger partial charge in [0.25, 0.3) is 0 Å². The van der Waals surface area contributed by atoms with Crippen molar-refractivity contribution < 1.29 is 14.3 Å². The molecule has 2 fully saturated rings. The number of piperidine rings is 1. The molecule has 0 radical (unpaired) electrons. The van der Waals surface area contributed by atoms with E-state index in [-0.39, 0.29) is 23.3 Å². The number of ether oxygens (including phenoxy) is 2. The molecule has 1 aliphatic carbocycles. The maximum Gasteiger partial charge on any atom is 0.228 e. The van der Waals surface area contributed by atoms with Crippen LogP contribution in [0, 0.1) is 11.3 Å². The summed E-state index contributed by atoms with van der Waals surface area (Å²) in [7, 11) is 1.58. The standard InChI is InChI=1S/C25H31ClN2O3/c1-17(2)31-20-7-4-18(5-8-20)16-28-12-10-25(11-13-28)15-21(25)24(29)27-19-6-9-23(30-3)22(26)14-19/h4-9,14,17,21H,10-13,15-16H2,1-3H3,(H,27,29). The van der Waals surface area contributed by atoms with Gasteiger partial charge in [-0.1, -0.05) is 23.7 Å². The van der Waals surface area contributed by atoms with E-state index >= 15 is 0 Å². The highest BCUT2D eigenvalue weighted by Crippen LogP contribution is 2.59. The molecular formula is C25H31ClN2O3. The van der Waals surface area contributed by atoms with Gasteiger partial charge in [-0.25, -0.2) is 0 Å². The van der Waals surface area contributed by atoms with E-state index in [0.29, 0.717) is 10.8 Å². The number of benzene rings is 2. The first-order valence-electron chi connectivity index (χ1n) is 11.0. The van der Waals surface area contributed by atoms with Crippen molar-refractivity contribution in [2.24, 2.45) is 11.3 Å². The predicted molar refractivity (Wildman–Crippen MR) is 124 cm³/mol. The van der Waals surface area contributed by atoms with Crippen LogP contribution in [0.2, 0.25) is 5.02 Å². The molecule has 4 rings (SSSR count). The zero-order chi connectivity index (χ0) is 22.0. The van der Waals surface area contributed by atoms with Crippen LogP contribution in [0.1, 0.15) is 38.7 Å². The summed E-state index contributed by atoms with van der Waals surface area (Å²) in [5, 5.41) is 3.54. The molecule has 0 bridgehead atoms. The molecular weight excluding hydrogens is 412 g/mol. The smallest absolute Gasteiger partial charge is 0.228 e. The quantitative estimate of drug-likeness (QED) is 0.625. The van der Waals surface area contributed by atoms with Crippen molar-refractivity contribution in [3.63, 3.8) is 0 Å². The summed E-state index contributed by atoms with van der Waals surface area (Å²) in [6.07, 6.45) is 3.32. The lowest BCUT2D eigenvalue weighted by Gasteiger charge is -2.32. The van der Waals surface area contributed by atoms with E-state index in [2.05, 4.69) is 22.3 Å². The second-order valence-electron chi connectivity index (χ2n) is 9.04. The van der Waals surface area contributed by atoms with Crippen LogP contribution in [-0.4, -0.2) is 37.1 Å². The molecule has 1 amide bonds. The maximum absolute atomic E-state index is 12.8. The zero-order valence-corrected chi connectivity index (χ0v) is 19.2. The Kier molecular flexibility index (Phi) is 6.44. The Morgan fingerprint density at radius 3 is 2.52 bits per heavy atom. The molecule has 31 heavy (non-hydrogen) atoms. The van der Waals surface area contributed by atoms with E-state index < -0.39 is 0 Å². The number of halogens is 1. The van der Waals surface area contributed by atoms with E-state index in [0.717, 1.165) is 50.3 Å². The van der Waals surface area contributed by atoms with E-state index in [1.807, 2.05) is 32.0 Å². The van der Waals surface area contributed by atoms with Gasteiger partial charge in [-0.15, -0.1) is 0 Å². The molecule has 5 nitrogen and oxygen atoms in total. The zero-order valence-electron chi connectivity index (χ0n) is 18.5. The molecule has 2 aliphatic rings. The second kappa shape index (κ2) is 9.09. The number of hydrogen-bond acceptors (Lipinski definition) is 4. The molecule has 1 heterocycles. The van der Waals surface area contributed by atoms with Crippen LogP contribution >= 0.6 is 11.6 Å². The Labute approximate surface area is 189 Å².